The summed E-state index contributed by atoms with van der Waals surface area (Å²) in [5.41, 5.74) is 2.06. The third-order valence-electron chi connectivity index (χ3n) is 5.75. The highest BCUT2D eigenvalue weighted by Crippen LogP contribution is 2.28. The Morgan fingerprint density at radius 1 is 1.41 bits per heavy atom. The number of anilines is 1. The lowest BCUT2D eigenvalue weighted by Crippen LogP contribution is -2.39. The Bertz CT molecular complexity index is 1190. The average Bonchev–Trinajstić information content (AvgIpc) is 3.10. The third kappa shape index (κ3) is 4.88. The number of hydrogen-bond acceptors (Lipinski definition) is 6. The highest BCUT2D eigenvalue weighted by Gasteiger charge is 2.35. The summed E-state index contributed by atoms with van der Waals surface area (Å²) in [6, 6.07) is 5.33. The second-order valence-corrected chi connectivity index (χ2v) is 8.54. The number of nitrogens with zero attached hydrogens (tertiary/aromatic N) is 5. The van der Waals surface area contributed by atoms with Crippen LogP contribution in [-0.2, 0) is 29.1 Å². The Morgan fingerprint density at radius 2 is 2.21 bits per heavy atom. The molecular formula is C22H22ClFN6O4. The van der Waals surface area contributed by atoms with Gasteiger partial charge in [-0.1, -0.05) is 11.6 Å². The Balaban J connectivity index is 1.50. The standard InChI is InChI=1S/C22H22ClFN6O4/c1-28-21(32)20-16-12-29(22(33)26-13-2-5-18(24)17(23)10-13)9-7-19(16)27-30(20)11-15(34-28)4-3-14(31)6-8-25/h2,5,10,15H,3-4,6-7,9,11-12H2,1H3,(H,26,33). The monoisotopic (exact) mass is 488 g/mol. The van der Waals surface area contributed by atoms with E-state index in [2.05, 4.69) is 10.4 Å². The third-order valence-corrected chi connectivity index (χ3v) is 6.04. The van der Waals surface area contributed by atoms with Gasteiger partial charge in [0.15, 0.2) is 0 Å². The van der Waals surface area contributed by atoms with Crippen LogP contribution in [0.25, 0.3) is 0 Å². The van der Waals surface area contributed by atoms with Crippen LogP contribution < -0.4 is 5.32 Å². The molecule has 2 aliphatic rings. The van der Waals surface area contributed by atoms with Gasteiger partial charge in [0, 0.05) is 37.7 Å². The first-order valence-electron chi connectivity index (χ1n) is 10.7. The van der Waals surface area contributed by atoms with Gasteiger partial charge in [0.1, 0.15) is 23.4 Å². The zero-order valence-corrected chi connectivity index (χ0v) is 19.1. The van der Waals surface area contributed by atoms with Crippen molar-refractivity contribution in [2.75, 3.05) is 18.9 Å². The quantitative estimate of drug-likeness (QED) is 0.690. The largest absolute Gasteiger partial charge is 0.322 e. The summed E-state index contributed by atoms with van der Waals surface area (Å²) in [5, 5.41) is 17.0. The van der Waals surface area contributed by atoms with Crippen molar-refractivity contribution in [3.05, 3.63) is 46.0 Å². The van der Waals surface area contributed by atoms with E-state index in [9.17, 15) is 18.8 Å². The lowest BCUT2D eigenvalue weighted by Gasteiger charge is -2.27. The number of rotatable bonds is 5. The van der Waals surface area contributed by atoms with Crippen LogP contribution in [0.2, 0.25) is 5.02 Å². The Morgan fingerprint density at radius 3 is 2.94 bits per heavy atom. The van der Waals surface area contributed by atoms with Crippen LogP contribution in [0.4, 0.5) is 14.9 Å². The van der Waals surface area contributed by atoms with Crippen molar-refractivity contribution >= 4 is 35.0 Å². The Kier molecular flexibility index (Phi) is 6.81. The number of halogens is 2. The maximum Gasteiger partial charge on any atom is 0.322 e. The maximum absolute atomic E-state index is 13.4. The average molecular weight is 489 g/mol. The number of aromatic nitrogens is 2. The smallest absolute Gasteiger partial charge is 0.320 e. The van der Waals surface area contributed by atoms with Crippen LogP contribution in [0.5, 0.6) is 0 Å². The van der Waals surface area contributed by atoms with E-state index in [1.165, 1.54) is 25.2 Å². The van der Waals surface area contributed by atoms with Crippen LogP contribution in [0.1, 0.15) is 41.0 Å². The first-order chi connectivity index (χ1) is 16.3. The number of nitrogens with one attached hydrogen (secondary N) is 1. The second kappa shape index (κ2) is 9.79. The van der Waals surface area contributed by atoms with E-state index in [0.717, 1.165) is 10.8 Å². The predicted molar refractivity (Wildman–Crippen MR) is 118 cm³/mol. The number of urea groups is 1. The molecule has 178 valence electrons. The van der Waals surface area contributed by atoms with Crippen molar-refractivity contribution in [3.8, 4) is 6.07 Å². The molecular weight excluding hydrogens is 467 g/mol. The van der Waals surface area contributed by atoms with Crippen molar-refractivity contribution < 1.29 is 23.6 Å². The Hall–Kier alpha value is -3.49. The highest BCUT2D eigenvalue weighted by atomic mass is 35.5. The van der Waals surface area contributed by atoms with Crippen LogP contribution >= 0.6 is 11.6 Å². The summed E-state index contributed by atoms with van der Waals surface area (Å²) < 4.78 is 15.0. The molecule has 0 spiro atoms. The van der Waals surface area contributed by atoms with Gasteiger partial charge < -0.3 is 10.2 Å². The van der Waals surface area contributed by atoms with Crippen molar-refractivity contribution in [1.82, 2.24) is 19.7 Å². The number of carbonyl (C=O) groups excluding carboxylic acids is 3. The van der Waals surface area contributed by atoms with E-state index in [4.69, 9.17) is 21.7 Å². The second-order valence-electron chi connectivity index (χ2n) is 8.13. The molecule has 1 unspecified atom stereocenters. The number of hydroxylamine groups is 2. The molecule has 2 aromatic rings. The van der Waals surface area contributed by atoms with Gasteiger partial charge in [-0.15, -0.1) is 0 Å². The molecule has 0 radical (unpaired) electrons. The fraction of sp³-hybridized carbons (Fsp3) is 0.409. The number of benzene rings is 1. The molecule has 0 saturated heterocycles. The normalized spacial score (nSPS) is 17.5. The molecule has 34 heavy (non-hydrogen) atoms. The maximum atomic E-state index is 13.4. The topological polar surface area (TPSA) is 121 Å². The number of carbonyl (C=O) groups is 3. The number of nitriles is 1. The van der Waals surface area contributed by atoms with E-state index < -0.39 is 23.9 Å². The van der Waals surface area contributed by atoms with Gasteiger partial charge in [-0.2, -0.15) is 10.4 Å². The fourth-order valence-electron chi connectivity index (χ4n) is 4.04. The highest BCUT2D eigenvalue weighted by molar-refractivity contribution is 6.31. The van der Waals surface area contributed by atoms with Crippen LogP contribution in [-0.4, -0.2) is 57.2 Å². The van der Waals surface area contributed by atoms with E-state index in [-0.39, 0.29) is 36.7 Å². The zero-order chi connectivity index (χ0) is 24.4. The number of Topliss-reactive ketones (excluding diaryl/α,β-unsaturated/α-hetero) is 1. The molecule has 4 rings (SSSR count). The van der Waals surface area contributed by atoms with E-state index in [0.29, 0.717) is 36.3 Å². The summed E-state index contributed by atoms with van der Waals surface area (Å²) in [5.74, 6) is -1.16. The van der Waals surface area contributed by atoms with Crippen molar-refractivity contribution in [3.63, 3.8) is 0 Å². The minimum Gasteiger partial charge on any atom is -0.320 e. The van der Waals surface area contributed by atoms with Crippen LogP contribution in [0.15, 0.2) is 18.2 Å². The summed E-state index contributed by atoms with van der Waals surface area (Å²) in [4.78, 5) is 44.8. The van der Waals surface area contributed by atoms with Gasteiger partial charge in [0.25, 0.3) is 5.91 Å². The predicted octanol–water partition coefficient (Wildman–Crippen LogP) is 2.91. The van der Waals surface area contributed by atoms with E-state index >= 15 is 0 Å². The van der Waals surface area contributed by atoms with Crippen LogP contribution in [0.3, 0.4) is 0 Å². The summed E-state index contributed by atoms with van der Waals surface area (Å²) in [6.45, 7) is 0.811. The molecule has 0 saturated carbocycles. The lowest BCUT2D eigenvalue weighted by molar-refractivity contribution is -0.152. The summed E-state index contributed by atoms with van der Waals surface area (Å²) >= 11 is 5.79. The van der Waals surface area contributed by atoms with Gasteiger partial charge in [0.05, 0.1) is 36.3 Å². The number of fused-ring (bicyclic) bond motifs is 3. The minimum atomic E-state index is -0.581. The number of amides is 3. The van der Waals surface area contributed by atoms with Gasteiger partial charge >= 0.3 is 6.03 Å². The zero-order valence-electron chi connectivity index (χ0n) is 18.4. The van der Waals surface area contributed by atoms with Gasteiger partial charge in [-0.3, -0.25) is 19.1 Å². The first-order valence-corrected chi connectivity index (χ1v) is 11.1. The minimum absolute atomic E-state index is 0.0989. The summed E-state index contributed by atoms with van der Waals surface area (Å²) in [7, 11) is 1.49. The molecule has 2 aliphatic heterocycles. The molecule has 1 aromatic carbocycles. The molecule has 0 fully saturated rings. The van der Waals surface area contributed by atoms with Crippen molar-refractivity contribution in [2.45, 2.75) is 44.9 Å². The molecule has 12 heteroatoms. The molecule has 1 atom stereocenters. The van der Waals surface area contributed by atoms with E-state index in [1.54, 1.807) is 9.58 Å². The van der Waals surface area contributed by atoms with Gasteiger partial charge in [-0.05, 0) is 24.6 Å². The van der Waals surface area contributed by atoms with Crippen LogP contribution in [0, 0.1) is 17.1 Å². The molecule has 10 nitrogen and oxygen atoms in total. The number of hydrogen-bond donors (Lipinski definition) is 1. The molecule has 0 aliphatic carbocycles. The SMILES string of the molecule is CN1OC(CCC(=O)CC#N)Cn2nc3c(c2C1=O)CN(C(=O)Nc1ccc(F)c(Cl)c1)CC3. The molecule has 3 heterocycles. The molecule has 3 amide bonds. The summed E-state index contributed by atoms with van der Waals surface area (Å²) in [6.07, 6.45) is 0.331. The van der Waals surface area contributed by atoms with Crippen molar-refractivity contribution in [2.24, 2.45) is 0 Å². The Labute approximate surface area is 199 Å². The number of ketones is 1. The fourth-order valence-corrected chi connectivity index (χ4v) is 4.22. The van der Waals surface area contributed by atoms with Gasteiger partial charge in [-0.25, -0.2) is 14.2 Å². The molecule has 0 bridgehead atoms. The van der Waals surface area contributed by atoms with Gasteiger partial charge in [0.2, 0.25) is 0 Å². The molecule has 1 aromatic heterocycles. The lowest BCUT2D eigenvalue weighted by atomic mass is 10.0. The van der Waals surface area contributed by atoms with Crippen molar-refractivity contribution in [1.29, 1.82) is 5.26 Å². The molecule has 1 N–H and O–H groups in total. The van der Waals surface area contributed by atoms with E-state index in [1.807, 2.05) is 6.07 Å². The first kappa shape index (κ1) is 23.7.